The highest BCUT2D eigenvalue weighted by molar-refractivity contribution is 5.77. The molecule has 5 heteroatoms. The van der Waals surface area contributed by atoms with Crippen LogP contribution in [0.5, 0.6) is 0 Å². The molecule has 0 bridgehead atoms. The van der Waals surface area contributed by atoms with Gasteiger partial charge in [0, 0.05) is 32.0 Å². The van der Waals surface area contributed by atoms with Crippen molar-refractivity contribution in [2.24, 2.45) is 5.73 Å². The number of urea groups is 1. The lowest BCUT2D eigenvalue weighted by atomic mass is 10.1. The second kappa shape index (κ2) is 4.27. The van der Waals surface area contributed by atoms with Crippen molar-refractivity contribution in [2.45, 2.75) is 6.04 Å². The van der Waals surface area contributed by atoms with Crippen LogP contribution in [0.1, 0.15) is 11.6 Å². The van der Waals surface area contributed by atoms with Gasteiger partial charge in [-0.15, -0.1) is 0 Å². The zero-order valence-corrected chi connectivity index (χ0v) is 8.39. The van der Waals surface area contributed by atoms with Crippen LogP contribution >= 0.6 is 0 Å². The Morgan fingerprint density at radius 2 is 2.27 bits per heavy atom. The maximum Gasteiger partial charge on any atom is 0.318 e. The molecule has 1 aliphatic heterocycles. The number of carbonyl (C=O) groups excluding carboxylic acids is 1. The van der Waals surface area contributed by atoms with E-state index in [0.29, 0.717) is 19.6 Å². The lowest BCUT2D eigenvalue weighted by Gasteiger charge is -2.22. The first kappa shape index (κ1) is 9.92. The number of carbonyl (C=O) groups is 1. The summed E-state index contributed by atoms with van der Waals surface area (Å²) in [7, 11) is 0. The topological polar surface area (TPSA) is 71.2 Å². The highest BCUT2D eigenvalue weighted by Crippen LogP contribution is 2.22. The van der Waals surface area contributed by atoms with Gasteiger partial charge in [0.2, 0.25) is 0 Å². The van der Waals surface area contributed by atoms with Gasteiger partial charge in [0.25, 0.3) is 0 Å². The molecule has 1 atom stereocenters. The molecule has 1 saturated heterocycles. The van der Waals surface area contributed by atoms with Gasteiger partial charge in [0.1, 0.15) is 0 Å². The van der Waals surface area contributed by atoms with Gasteiger partial charge in [-0.25, -0.2) is 4.79 Å². The van der Waals surface area contributed by atoms with Gasteiger partial charge in [0.05, 0.1) is 6.04 Å². The highest BCUT2D eigenvalue weighted by Gasteiger charge is 2.30. The van der Waals surface area contributed by atoms with Gasteiger partial charge >= 0.3 is 6.03 Å². The molecule has 1 aromatic rings. The van der Waals surface area contributed by atoms with Gasteiger partial charge in [-0.1, -0.05) is 0 Å². The summed E-state index contributed by atoms with van der Waals surface area (Å²) in [4.78, 5) is 17.2. The predicted octanol–water partition coefficient (Wildman–Crippen LogP) is 0.107. The quantitative estimate of drug-likeness (QED) is 0.737. The number of hydrogen-bond acceptors (Lipinski definition) is 3. The average molecular weight is 206 g/mol. The second-order valence-corrected chi connectivity index (χ2v) is 3.46. The molecule has 0 aromatic carbocycles. The first-order chi connectivity index (χ1) is 7.33. The van der Waals surface area contributed by atoms with Gasteiger partial charge in [-0.05, 0) is 17.7 Å². The average Bonchev–Trinajstić information content (AvgIpc) is 2.63. The number of aromatic nitrogens is 1. The molecule has 2 rings (SSSR count). The fourth-order valence-corrected chi connectivity index (χ4v) is 1.82. The summed E-state index contributed by atoms with van der Waals surface area (Å²) in [6, 6.07) is 3.90. The minimum atomic E-state index is -0.0396. The number of nitrogens with two attached hydrogens (primary N) is 1. The predicted molar refractivity (Wildman–Crippen MR) is 56.1 cm³/mol. The number of hydrogen-bond donors (Lipinski definition) is 2. The summed E-state index contributed by atoms with van der Waals surface area (Å²) in [5, 5.41) is 2.81. The largest absolute Gasteiger partial charge is 0.336 e. The van der Waals surface area contributed by atoms with E-state index < -0.39 is 0 Å². The van der Waals surface area contributed by atoms with Crippen molar-refractivity contribution in [1.82, 2.24) is 15.2 Å². The van der Waals surface area contributed by atoms with Crippen molar-refractivity contribution in [3.05, 3.63) is 30.1 Å². The number of amides is 2. The standard InChI is InChI=1S/C10H14N4O/c11-3-6-14-9(7-13-10(14)15)8-1-4-12-5-2-8/h1-2,4-5,9H,3,6-7,11H2,(H,13,15). The van der Waals surface area contributed by atoms with Crippen LogP contribution in [0.2, 0.25) is 0 Å². The van der Waals surface area contributed by atoms with E-state index in [2.05, 4.69) is 10.3 Å². The second-order valence-electron chi connectivity index (χ2n) is 3.46. The van der Waals surface area contributed by atoms with Crippen LogP contribution in [0.4, 0.5) is 4.79 Å². The van der Waals surface area contributed by atoms with Crippen LogP contribution in [0, 0.1) is 0 Å². The molecule has 1 fully saturated rings. The summed E-state index contributed by atoms with van der Waals surface area (Å²) >= 11 is 0. The lowest BCUT2D eigenvalue weighted by Crippen LogP contribution is -2.34. The van der Waals surface area contributed by atoms with Crippen molar-refractivity contribution in [2.75, 3.05) is 19.6 Å². The molecular weight excluding hydrogens is 192 g/mol. The van der Waals surface area contributed by atoms with E-state index in [1.165, 1.54) is 0 Å². The number of pyridine rings is 1. The first-order valence-corrected chi connectivity index (χ1v) is 4.97. The minimum Gasteiger partial charge on any atom is -0.336 e. The molecule has 1 aromatic heterocycles. The molecule has 3 N–H and O–H groups in total. The summed E-state index contributed by atoms with van der Waals surface area (Å²) in [6.07, 6.45) is 3.47. The van der Waals surface area contributed by atoms with Crippen molar-refractivity contribution in [3.63, 3.8) is 0 Å². The van der Waals surface area contributed by atoms with Crippen molar-refractivity contribution in [3.8, 4) is 0 Å². The molecule has 1 unspecified atom stereocenters. The molecule has 1 aliphatic rings. The Morgan fingerprint density at radius 3 is 2.93 bits per heavy atom. The summed E-state index contributed by atoms with van der Waals surface area (Å²) in [6.45, 7) is 1.71. The Labute approximate surface area is 88.3 Å². The maximum atomic E-state index is 11.5. The van der Waals surface area contributed by atoms with Crippen LogP contribution in [-0.2, 0) is 0 Å². The van der Waals surface area contributed by atoms with Crippen molar-refractivity contribution in [1.29, 1.82) is 0 Å². The van der Waals surface area contributed by atoms with Gasteiger partial charge in [-0.2, -0.15) is 0 Å². The van der Waals surface area contributed by atoms with E-state index >= 15 is 0 Å². The molecule has 0 spiro atoms. The Hall–Kier alpha value is -1.62. The molecule has 80 valence electrons. The third kappa shape index (κ3) is 1.92. The van der Waals surface area contributed by atoms with Crippen LogP contribution in [0.25, 0.3) is 0 Å². The Bertz CT molecular complexity index is 341. The molecule has 2 amide bonds. The van der Waals surface area contributed by atoms with Crippen LogP contribution in [0.15, 0.2) is 24.5 Å². The van der Waals surface area contributed by atoms with E-state index in [9.17, 15) is 4.79 Å². The molecule has 15 heavy (non-hydrogen) atoms. The van der Waals surface area contributed by atoms with Crippen LogP contribution in [0.3, 0.4) is 0 Å². The van der Waals surface area contributed by atoms with E-state index in [4.69, 9.17) is 5.73 Å². The fourth-order valence-electron chi connectivity index (χ4n) is 1.82. The minimum absolute atomic E-state index is 0.0396. The third-order valence-electron chi connectivity index (χ3n) is 2.54. The summed E-state index contributed by atoms with van der Waals surface area (Å²) in [5.74, 6) is 0. The van der Waals surface area contributed by atoms with Gasteiger partial charge < -0.3 is 16.0 Å². The molecule has 5 nitrogen and oxygen atoms in total. The maximum absolute atomic E-state index is 11.5. The van der Waals surface area contributed by atoms with Crippen LogP contribution in [-0.4, -0.2) is 35.5 Å². The SMILES string of the molecule is NCCN1C(=O)NCC1c1ccncc1. The monoisotopic (exact) mass is 206 g/mol. The highest BCUT2D eigenvalue weighted by atomic mass is 16.2. The molecule has 2 heterocycles. The normalized spacial score (nSPS) is 20.5. The number of rotatable bonds is 3. The molecule has 0 saturated carbocycles. The van der Waals surface area contributed by atoms with E-state index in [1.807, 2.05) is 12.1 Å². The summed E-state index contributed by atoms with van der Waals surface area (Å²) in [5.41, 5.74) is 6.57. The zero-order valence-electron chi connectivity index (χ0n) is 8.39. The Kier molecular flexibility index (Phi) is 2.82. The first-order valence-electron chi connectivity index (χ1n) is 4.97. The Morgan fingerprint density at radius 1 is 1.53 bits per heavy atom. The van der Waals surface area contributed by atoms with Crippen molar-refractivity contribution < 1.29 is 4.79 Å². The van der Waals surface area contributed by atoms with E-state index in [0.717, 1.165) is 5.56 Å². The van der Waals surface area contributed by atoms with Gasteiger partial charge in [0.15, 0.2) is 0 Å². The lowest BCUT2D eigenvalue weighted by molar-refractivity contribution is 0.206. The fraction of sp³-hybridized carbons (Fsp3) is 0.400. The smallest absolute Gasteiger partial charge is 0.318 e. The third-order valence-corrected chi connectivity index (χ3v) is 2.54. The Balaban J connectivity index is 2.18. The summed E-state index contributed by atoms with van der Waals surface area (Å²) < 4.78 is 0. The van der Waals surface area contributed by atoms with E-state index in [-0.39, 0.29) is 12.1 Å². The number of nitrogens with one attached hydrogen (secondary N) is 1. The molecule has 0 aliphatic carbocycles. The molecule has 0 radical (unpaired) electrons. The zero-order chi connectivity index (χ0) is 10.7. The molecular formula is C10H14N4O. The van der Waals surface area contributed by atoms with Gasteiger partial charge in [-0.3, -0.25) is 4.98 Å². The van der Waals surface area contributed by atoms with Crippen molar-refractivity contribution >= 4 is 6.03 Å². The number of nitrogens with zero attached hydrogens (tertiary/aromatic N) is 2. The van der Waals surface area contributed by atoms with E-state index in [1.54, 1.807) is 17.3 Å². The van der Waals surface area contributed by atoms with Crippen LogP contribution < -0.4 is 11.1 Å².